The van der Waals surface area contributed by atoms with Gasteiger partial charge in [0.25, 0.3) is 10.9 Å². The third-order valence-corrected chi connectivity index (χ3v) is 4.70. The minimum atomic E-state index is -0.397. The number of rotatable bonds is 5. The van der Waals surface area contributed by atoms with Gasteiger partial charge in [-0.2, -0.15) is 0 Å². The zero-order chi connectivity index (χ0) is 18.0. The quantitative estimate of drug-likeness (QED) is 0.359. The summed E-state index contributed by atoms with van der Waals surface area (Å²) in [7, 11) is 0. The zero-order valence-corrected chi connectivity index (χ0v) is 14.9. The van der Waals surface area contributed by atoms with Gasteiger partial charge >= 0.3 is 0 Å². The first-order chi connectivity index (χ1) is 11.9. The third kappa shape index (κ3) is 4.06. The summed E-state index contributed by atoms with van der Waals surface area (Å²) in [5.74, 6) is 0.473. The summed E-state index contributed by atoms with van der Waals surface area (Å²) in [6, 6.07) is 12.7. The smallest absolute Gasteiger partial charge is 0.277 e. The standard InChI is InChI=1S/C18H17N3O3S/c1-11-7-12(2)9-15(8-11)17-19-20-18(24-17)25-13(3)14-5-4-6-16(10-14)21(22)23/h4-10,13H,1-3H3. The van der Waals surface area contributed by atoms with E-state index in [0.29, 0.717) is 11.1 Å². The van der Waals surface area contributed by atoms with Crippen molar-refractivity contribution in [3.63, 3.8) is 0 Å². The second-order valence-corrected chi connectivity index (χ2v) is 7.15. The molecule has 0 spiro atoms. The monoisotopic (exact) mass is 355 g/mol. The largest absolute Gasteiger partial charge is 0.411 e. The molecule has 0 bridgehead atoms. The van der Waals surface area contributed by atoms with Gasteiger partial charge in [-0.1, -0.05) is 41.1 Å². The number of nitro benzene ring substituents is 1. The van der Waals surface area contributed by atoms with E-state index in [-0.39, 0.29) is 10.9 Å². The van der Waals surface area contributed by atoms with E-state index in [1.807, 2.05) is 39.0 Å². The van der Waals surface area contributed by atoms with Gasteiger partial charge in [-0.25, -0.2) is 0 Å². The van der Waals surface area contributed by atoms with Crippen molar-refractivity contribution < 1.29 is 9.34 Å². The van der Waals surface area contributed by atoms with E-state index in [9.17, 15) is 10.1 Å². The molecule has 1 unspecified atom stereocenters. The number of non-ortho nitro benzene ring substituents is 1. The molecular weight excluding hydrogens is 338 g/mol. The summed E-state index contributed by atoms with van der Waals surface area (Å²) in [5, 5.41) is 19.5. The first-order valence-corrected chi connectivity index (χ1v) is 8.63. The summed E-state index contributed by atoms with van der Waals surface area (Å²) in [6.45, 7) is 5.99. The van der Waals surface area contributed by atoms with E-state index in [4.69, 9.17) is 4.42 Å². The van der Waals surface area contributed by atoms with Gasteiger partial charge in [-0.3, -0.25) is 10.1 Å². The number of hydrogen-bond donors (Lipinski definition) is 0. The molecule has 1 atom stereocenters. The molecule has 0 radical (unpaired) electrons. The Balaban J connectivity index is 1.79. The second-order valence-electron chi connectivity index (χ2n) is 5.86. The van der Waals surface area contributed by atoms with Crippen LogP contribution in [0.15, 0.2) is 52.1 Å². The molecule has 0 amide bonds. The minimum Gasteiger partial charge on any atom is -0.411 e. The topological polar surface area (TPSA) is 82.1 Å². The van der Waals surface area contributed by atoms with Crippen LogP contribution < -0.4 is 0 Å². The summed E-state index contributed by atoms with van der Waals surface area (Å²) >= 11 is 1.38. The van der Waals surface area contributed by atoms with Crippen LogP contribution in [-0.4, -0.2) is 15.1 Å². The van der Waals surface area contributed by atoms with Crippen molar-refractivity contribution in [2.24, 2.45) is 0 Å². The molecule has 1 aromatic heterocycles. The van der Waals surface area contributed by atoms with E-state index >= 15 is 0 Å². The van der Waals surface area contributed by atoms with Gasteiger partial charge in [0, 0.05) is 22.9 Å². The van der Waals surface area contributed by atoms with E-state index in [1.165, 1.54) is 17.8 Å². The maximum atomic E-state index is 10.9. The Morgan fingerprint density at radius 3 is 2.52 bits per heavy atom. The van der Waals surface area contributed by atoms with E-state index < -0.39 is 4.92 Å². The minimum absolute atomic E-state index is 0.0487. The number of hydrogen-bond acceptors (Lipinski definition) is 6. The Kier molecular flexibility index (Phi) is 4.85. The molecule has 25 heavy (non-hydrogen) atoms. The van der Waals surface area contributed by atoms with Crippen LogP contribution in [0.5, 0.6) is 0 Å². The van der Waals surface area contributed by atoms with Gasteiger partial charge in [0.15, 0.2) is 0 Å². The highest BCUT2D eigenvalue weighted by molar-refractivity contribution is 7.99. The first-order valence-electron chi connectivity index (χ1n) is 7.75. The molecule has 0 aliphatic rings. The average Bonchev–Trinajstić information content (AvgIpc) is 3.02. The normalized spacial score (nSPS) is 12.1. The van der Waals surface area contributed by atoms with Gasteiger partial charge in [-0.15, -0.1) is 10.2 Å². The lowest BCUT2D eigenvalue weighted by Gasteiger charge is -2.08. The predicted molar refractivity (Wildman–Crippen MR) is 96.6 cm³/mol. The summed E-state index contributed by atoms with van der Waals surface area (Å²) in [6.07, 6.45) is 0. The summed E-state index contributed by atoms with van der Waals surface area (Å²) in [5.41, 5.74) is 4.07. The lowest BCUT2D eigenvalue weighted by atomic mass is 10.1. The van der Waals surface area contributed by atoms with E-state index in [1.54, 1.807) is 12.1 Å². The van der Waals surface area contributed by atoms with Gasteiger partial charge < -0.3 is 4.42 Å². The van der Waals surface area contributed by atoms with Crippen LogP contribution >= 0.6 is 11.8 Å². The molecule has 2 aromatic carbocycles. The van der Waals surface area contributed by atoms with Crippen molar-refractivity contribution >= 4 is 17.4 Å². The molecule has 0 aliphatic heterocycles. The molecule has 0 fully saturated rings. The lowest BCUT2D eigenvalue weighted by Crippen LogP contribution is -1.92. The number of thioether (sulfide) groups is 1. The molecule has 0 aliphatic carbocycles. The Morgan fingerprint density at radius 1 is 1.12 bits per heavy atom. The van der Waals surface area contributed by atoms with Crippen LogP contribution in [0, 0.1) is 24.0 Å². The molecule has 3 aromatic rings. The van der Waals surface area contributed by atoms with Crippen molar-refractivity contribution in [1.29, 1.82) is 0 Å². The van der Waals surface area contributed by atoms with Crippen LogP contribution in [0.2, 0.25) is 0 Å². The fourth-order valence-electron chi connectivity index (χ4n) is 2.58. The maximum absolute atomic E-state index is 10.9. The number of nitro groups is 1. The SMILES string of the molecule is Cc1cc(C)cc(-c2nnc(SC(C)c3cccc([N+](=O)[O-])c3)o2)c1. The molecule has 0 saturated carbocycles. The zero-order valence-electron chi connectivity index (χ0n) is 14.1. The van der Waals surface area contributed by atoms with Gasteiger partial charge in [0.1, 0.15) is 0 Å². The third-order valence-electron chi connectivity index (χ3n) is 3.70. The second kappa shape index (κ2) is 7.06. The molecule has 0 N–H and O–H groups in total. The van der Waals surface area contributed by atoms with Crippen molar-refractivity contribution in [3.05, 3.63) is 69.3 Å². The van der Waals surface area contributed by atoms with E-state index in [2.05, 4.69) is 16.3 Å². The highest BCUT2D eigenvalue weighted by atomic mass is 32.2. The predicted octanol–water partition coefficient (Wildman–Crippen LogP) is 5.11. The lowest BCUT2D eigenvalue weighted by molar-refractivity contribution is -0.384. The summed E-state index contributed by atoms with van der Waals surface area (Å²) in [4.78, 5) is 10.5. The van der Waals surface area contributed by atoms with Crippen LogP contribution in [-0.2, 0) is 0 Å². The Bertz CT molecular complexity index is 903. The number of aryl methyl sites for hydroxylation is 2. The summed E-state index contributed by atoms with van der Waals surface area (Å²) < 4.78 is 5.76. The number of nitrogens with zero attached hydrogens (tertiary/aromatic N) is 3. The molecular formula is C18H17N3O3S. The van der Waals surface area contributed by atoms with Crippen LogP contribution in [0.3, 0.4) is 0 Å². The highest BCUT2D eigenvalue weighted by Gasteiger charge is 2.16. The Labute approximate surface area is 149 Å². The maximum Gasteiger partial charge on any atom is 0.277 e. The van der Waals surface area contributed by atoms with Crippen LogP contribution in [0.1, 0.15) is 28.9 Å². The van der Waals surface area contributed by atoms with Crippen molar-refractivity contribution in [3.8, 4) is 11.5 Å². The van der Waals surface area contributed by atoms with Gasteiger partial charge in [0.2, 0.25) is 5.89 Å². The van der Waals surface area contributed by atoms with Gasteiger partial charge in [0.05, 0.1) is 4.92 Å². The van der Waals surface area contributed by atoms with E-state index in [0.717, 1.165) is 22.3 Å². The average molecular weight is 355 g/mol. The number of aromatic nitrogens is 2. The molecule has 1 heterocycles. The van der Waals surface area contributed by atoms with Crippen LogP contribution in [0.25, 0.3) is 11.5 Å². The van der Waals surface area contributed by atoms with Crippen LogP contribution in [0.4, 0.5) is 5.69 Å². The number of benzene rings is 2. The van der Waals surface area contributed by atoms with Crippen molar-refractivity contribution in [2.45, 2.75) is 31.2 Å². The van der Waals surface area contributed by atoms with Gasteiger partial charge in [-0.05, 0) is 38.5 Å². The fraction of sp³-hybridized carbons (Fsp3) is 0.222. The fourth-order valence-corrected chi connectivity index (χ4v) is 3.38. The molecule has 0 saturated heterocycles. The molecule has 128 valence electrons. The molecule has 6 nitrogen and oxygen atoms in total. The van der Waals surface area contributed by atoms with Crippen molar-refractivity contribution in [1.82, 2.24) is 10.2 Å². The Morgan fingerprint density at radius 2 is 1.84 bits per heavy atom. The first kappa shape index (κ1) is 17.2. The highest BCUT2D eigenvalue weighted by Crippen LogP contribution is 2.36. The van der Waals surface area contributed by atoms with Crippen molar-refractivity contribution in [2.75, 3.05) is 0 Å². The molecule has 3 rings (SSSR count). The Hall–Kier alpha value is -2.67. The molecule has 7 heteroatoms.